The van der Waals surface area contributed by atoms with Crippen molar-refractivity contribution in [1.82, 2.24) is 5.43 Å². The summed E-state index contributed by atoms with van der Waals surface area (Å²) in [6.45, 7) is 1.95. The molecule has 0 aliphatic heterocycles. The van der Waals surface area contributed by atoms with Gasteiger partial charge in [0.2, 0.25) is 5.91 Å². The normalized spacial score (nSPS) is 9.76. The van der Waals surface area contributed by atoms with Gasteiger partial charge in [-0.1, -0.05) is 0 Å². The van der Waals surface area contributed by atoms with Gasteiger partial charge in [-0.15, -0.1) is 0 Å². The molecular formula is C12H16N2O3. The summed E-state index contributed by atoms with van der Waals surface area (Å²) in [5.74, 6) is 5.44. The Bertz CT molecular complexity index is 387. The van der Waals surface area contributed by atoms with Crippen molar-refractivity contribution in [3.8, 4) is 5.75 Å². The van der Waals surface area contributed by atoms with Gasteiger partial charge in [-0.2, -0.15) is 0 Å². The lowest BCUT2D eigenvalue weighted by Crippen LogP contribution is -2.29. The van der Waals surface area contributed by atoms with Crippen molar-refractivity contribution < 1.29 is 14.3 Å². The van der Waals surface area contributed by atoms with Gasteiger partial charge in [-0.25, -0.2) is 5.84 Å². The molecule has 0 saturated heterocycles. The van der Waals surface area contributed by atoms with Crippen molar-refractivity contribution in [2.75, 3.05) is 6.61 Å². The molecule has 0 unspecified atom stereocenters. The highest BCUT2D eigenvalue weighted by Gasteiger charge is 2.01. The van der Waals surface area contributed by atoms with Crippen LogP contribution in [0.1, 0.15) is 30.1 Å². The van der Waals surface area contributed by atoms with E-state index in [-0.39, 0.29) is 11.7 Å². The van der Waals surface area contributed by atoms with E-state index in [0.717, 1.165) is 0 Å². The van der Waals surface area contributed by atoms with Crippen molar-refractivity contribution in [3.05, 3.63) is 29.8 Å². The first-order valence-corrected chi connectivity index (χ1v) is 5.36. The third-order valence-corrected chi connectivity index (χ3v) is 2.24. The van der Waals surface area contributed by atoms with E-state index in [2.05, 4.69) is 5.43 Å². The van der Waals surface area contributed by atoms with Crippen molar-refractivity contribution in [2.45, 2.75) is 19.8 Å². The number of rotatable bonds is 6. The lowest BCUT2D eigenvalue weighted by Gasteiger charge is -2.06. The molecule has 0 spiro atoms. The van der Waals surface area contributed by atoms with Crippen LogP contribution in [0.3, 0.4) is 0 Å². The van der Waals surface area contributed by atoms with Gasteiger partial charge in [0.15, 0.2) is 5.78 Å². The van der Waals surface area contributed by atoms with Crippen LogP contribution in [-0.2, 0) is 4.79 Å². The smallest absolute Gasteiger partial charge is 0.234 e. The summed E-state index contributed by atoms with van der Waals surface area (Å²) in [6, 6.07) is 6.90. The average molecular weight is 236 g/mol. The third-order valence-electron chi connectivity index (χ3n) is 2.24. The maximum Gasteiger partial charge on any atom is 0.234 e. The molecule has 1 amide bonds. The molecular weight excluding hydrogens is 220 g/mol. The van der Waals surface area contributed by atoms with Crippen LogP contribution in [0.4, 0.5) is 0 Å². The summed E-state index contributed by atoms with van der Waals surface area (Å²) in [6.07, 6.45) is 0.930. The predicted molar refractivity (Wildman–Crippen MR) is 63.5 cm³/mol. The number of ketones is 1. The SMILES string of the molecule is CC(=O)c1ccc(OCCCC(=O)NN)cc1. The Morgan fingerprint density at radius 3 is 2.47 bits per heavy atom. The molecule has 5 nitrogen and oxygen atoms in total. The number of ether oxygens (including phenoxy) is 1. The van der Waals surface area contributed by atoms with Gasteiger partial charge < -0.3 is 4.74 Å². The van der Waals surface area contributed by atoms with Gasteiger partial charge in [0.1, 0.15) is 5.75 Å². The van der Waals surface area contributed by atoms with Gasteiger partial charge >= 0.3 is 0 Å². The summed E-state index contributed by atoms with van der Waals surface area (Å²) >= 11 is 0. The molecule has 0 aromatic heterocycles. The Morgan fingerprint density at radius 2 is 1.94 bits per heavy atom. The number of hydrogen-bond acceptors (Lipinski definition) is 4. The minimum absolute atomic E-state index is 0.0242. The van der Waals surface area contributed by atoms with Crippen LogP contribution in [0.5, 0.6) is 5.75 Å². The topological polar surface area (TPSA) is 81.4 Å². The van der Waals surface area contributed by atoms with Crippen LogP contribution < -0.4 is 16.0 Å². The fourth-order valence-electron chi connectivity index (χ4n) is 1.28. The Morgan fingerprint density at radius 1 is 1.29 bits per heavy atom. The highest BCUT2D eigenvalue weighted by molar-refractivity contribution is 5.94. The number of carbonyl (C=O) groups excluding carboxylic acids is 2. The molecule has 0 heterocycles. The van der Waals surface area contributed by atoms with E-state index in [1.54, 1.807) is 24.3 Å². The molecule has 0 aliphatic rings. The van der Waals surface area contributed by atoms with Gasteiger partial charge in [0, 0.05) is 12.0 Å². The van der Waals surface area contributed by atoms with Crippen molar-refractivity contribution >= 4 is 11.7 Å². The molecule has 0 bridgehead atoms. The van der Waals surface area contributed by atoms with E-state index in [0.29, 0.717) is 30.8 Å². The summed E-state index contributed by atoms with van der Waals surface area (Å²) in [7, 11) is 0. The van der Waals surface area contributed by atoms with Crippen LogP contribution in [0.15, 0.2) is 24.3 Å². The number of hydrogen-bond donors (Lipinski definition) is 2. The highest BCUT2D eigenvalue weighted by Crippen LogP contribution is 2.12. The Hall–Kier alpha value is -1.88. The molecule has 0 saturated carbocycles. The van der Waals surface area contributed by atoms with E-state index in [9.17, 15) is 9.59 Å². The Balaban J connectivity index is 2.32. The second-order valence-electron chi connectivity index (χ2n) is 3.60. The summed E-state index contributed by atoms with van der Waals surface area (Å²) in [5, 5.41) is 0. The first-order chi connectivity index (χ1) is 8.13. The van der Waals surface area contributed by atoms with Crippen LogP contribution in [0, 0.1) is 0 Å². The fourth-order valence-corrected chi connectivity index (χ4v) is 1.28. The molecule has 1 aromatic rings. The average Bonchev–Trinajstić information content (AvgIpc) is 2.34. The number of amides is 1. The number of nitrogens with two attached hydrogens (primary N) is 1. The Labute approximate surface area is 99.9 Å². The number of hydrazine groups is 1. The lowest BCUT2D eigenvalue weighted by molar-refractivity contribution is -0.121. The number of nitrogens with one attached hydrogen (secondary N) is 1. The first kappa shape index (κ1) is 13.2. The molecule has 0 radical (unpaired) electrons. The predicted octanol–water partition coefficient (Wildman–Crippen LogP) is 1.04. The Kier molecular flexibility index (Phi) is 5.16. The maximum absolute atomic E-state index is 11.0. The minimum atomic E-state index is -0.208. The zero-order valence-electron chi connectivity index (χ0n) is 9.73. The van der Waals surface area contributed by atoms with Gasteiger partial charge in [-0.05, 0) is 37.6 Å². The van der Waals surface area contributed by atoms with Gasteiger partial charge in [-0.3, -0.25) is 15.0 Å². The maximum atomic E-state index is 11.0. The van der Waals surface area contributed by atoms with Crippen LogP contribution in [0.2, 0.25) is 0 Å². The van der Waals surface area contributed by atoms with Crippen molar-refractivity contribution in [1.29, 1.82) is 0 Å². The highest BCUT2D eigenvalue weighted by atomic mass is 16.5. The lowest BCUT2D eigenvalue weighted by atomic mass is 10.1. The van der Waals surface area contributed by atoms with Crippen molar-refractivity contribution in [2.24, 2.45) is 5.84 Å². The standard InChI is InChI=1S/C12H16N2O3/c1-9(15)10-4-6-11(7-5-10)17-8-2-3-12(16)14-13/h4-7H,2-3,8,13H2,1H3,(H,14,16). The molecule has 3 N–H and O–H groups in total. The molecule has 0 fully saturated rings. The second kappa shape index (κ2) is 6.65. The zero-order chi connectivity index (χ0) is 12.7. The molecule has 92 valence electrons. The summed E-state index contributed by atoms with van der Waals surface area (Å²) in [5.41, 5.74) is 2.70. The molecule has 0 atom stereocenters. The van der Waals surface area contributed by atoms with E-state index in [1.165, 1.54) is 6.92 Å². The van der Waals surface area contributed by atoms with Crippen LogP contribution >= 0.6 is 0 Å². The molecule has 17 heavy (non-hydrogen) atoms. The first-order valence-electron chi connectivity index (χ1n) is 5.36. The van der Waals surface area contributed by atoms with E-state index in [4.69, 9.17) is 10.6 Å². The zero-order valence-corrected chi connectivity index (χ0v) is 9.73. The van der Waals surface area contributed by atoms with Gasteiger partial charge in [0.25, 0.3) is 0 Å². The minimum Gasteiger partial charge on any atom is -0.494 e. The number of carbonyl (C=O) groups is 2. The van der Waals surface area contributed by atoms with Crippen LogP contribution in [-0.4, -0.2) is 18.3 Å². The van der Waals surface area contributed by atoms with Crippen molar-refractivity contribution in [3.63, 3.8) is 0 Å². The molecule has 0 aliphatic carbocycles. The number of benzene rings is 1. The quantitative estimate of drug-likeness (QED) is 0.254. The summed E-state index contributed by atoms with van der Waals surface area (Å²) < 4.78 is 5.40. The molecule has 1 aromatic carbocycles. The fraction of sp³-hybridized carbons (Fsp3) is 0.333. The van der Waals surface area contributed by atoms with E-state index < -0.39 is 0 Å². The van der Waals surface area contributed by atoms with Gasteiger partial charge in [0.05, 0.1) is 6.61 Å². The van der Waals surface area contributed by atoms with E-state index in [1.807, 2.05) is 0 Å². The monoisotopic (exact) mass is 236 g/mol. The second-order valence-corrected chi connectivity index (χ2v) is 3.60. The third kappa shape index (κ3) is 4.65. The molecule has 1 rings (SSSR count). The van der Waals surface area contributed by atoms with Crippen LogP contribution in [0.25, 0.3) is 0 Å². The molecule has 5 heteroatoms. The summed E-state index contributed by atoms with van der Waals surface area (Å²) in [4.78, 5) is 21.8. The number of Topliss-reactive ketones (excluding diaryl/α,β-unsaturated/α-hetero) is 1. The largest absolute Gasteiger partial charge is 0.494 e. The van der Waals surface area contributed by atoms with E-state index >= 15 is 0 Å².